The van der Waals surface area contributed by atoms with Gasteiger partial charge in [-0.1, -0.05) is 11.6 Å². The molecule has 0 aliphatic carbocycles. The van der Waals surface area contributed by atoms with Gasteiger partial charge in [0.05, 0.1) is 22.8 Å². The molecule has 4 aromatic rings. The van der Waals surface area contributed by atoms with Gasteiger partial charge in [0.2, 0.25) is 0 Å². The molecule has 2 aromatic heterocycles. The van der Waals surface area contributed by atoms with Crippen molar-refractivity contribution in [2.24, 2.45) is 0 Å². The van der Waals surface area contributed by atoms with Crippen molar-refractivity contribution in [1.82, 2.24) is 19.5 Å². The number of anilines is 3. The largest absolute Gasteiger partial charge is 0.369 e. The van der Waals surface area contributed by atoms with Gasteiger partial charge >= 0.3 is 0 Å². The molecule has 2 aliphatic heterocycles. The van der Waals surface area contributed by atoms with Crippen molar-refractivity contribution in [3.05, 3.63) is 82.6 Å². The number of hydrogen-bond acceptors (Lipinski definition) is 6. The number of nitrogens with one attached hydrogen (secondary N) is 1. The monoisotopic (exact) mass is 551 g/mol. The summed E-state index contributed by atoms with van der Waals surface area (Å²) in [5.74, 6) is -0.688. The molecule has 1 atom stereocenters. The van der Waals surface area contributed by atoms with E-state index in [0.717, 1.165) is 50.4 Å². The van der Waals surface area contributed by atoms with Crippen LogP contribution in [0, 0.1) is 11.6 Å². The molecule has 1 amide bonds. The highest BCUT2D eigenvalue weighted by atomic mass is 35.5. The number of piperazine rings is 1. The molecule has 6 rings (SSSR count). The Morgan fingerprint density at radius 1 is 1.05 bits per heavy atom. The van der Waals surface area contributed by atoms with E-state index in [9.17, 15) is 13.6 Å². The molecule has 2 fully saturated rings. The lowest BCUT2D eigenvalue weighted by Gasteiger charge is -2.34. The average Bonchev–Trinajstić information content (AvgIpc) is 3.57. The Balaban J connectivity index is 1.23. The van der Waals surface area contributed by atoms with Crippen molar-refractivity contribution < 1.29 is 13.6 Å². The van der Waals surface area contributed by atoms with E-state index in [1.54, 1.807) is 22.8 Å². The van der Waals surface area contributed by atoms with Crippen LogP contribution >= 0.6 is 11.6 Å². The zero-order valence-corrected chi connectivity index (χ0v) is 22.2. The first kappa shape index (κ1) is 25.5. The first-order valence-electron chi connectivity index (χ1n) is 13.0. The molecule has 1 N–H and O–H groups in total. The Kier molecular flexibility index (Phi) is 6.82. The second-order valence-electron chi connectivity index (χ2n) is 10.0. The van der Waals surface area contributed by atoms with Crippen LogP contribution in [0.25, 0.3) is 5.65 Å². The highest BCUT2D eigenvalue weighted by Gasteiger charge is 2.30. The van der Waals surface area contributed by atoms with Gasteiger partial charge in [-0.05, 0) is 62.4 Å². The molecule has 8 nitrogen and oxygen atoms in total. The number of nitrogens with zero attached hydrogens (tertiary/aromatic N) is 6. The van der Waals surface area contributed by atoms with Crippen molar-refractivity contribution in [3.63, 3.8) is 0 Å². The van der Waals surface area contributed by atoms with Gasteiger partial charge in [-0.2, -0.15) is 5.10 Å². The number of aromatic nitrogens is 3. The van der Waals surface area contributed by atoms with Crippen LogP contribution in [0.4, 0.5) is 26.0 Å². The third kappa shape index (κ3) is 5.02. The molecule has 39 heavy (non-hydrogen) atoms. The lowest BCUT2D eigenvalue weighted by atomic mass is 10.0. The van der Waals surface area contributed by atoms with E-state index in [0.29, 0.717) is 46.3 Å². The molecule has 202 valence electrons. The number of carbonyl (C=O) groups excluding carboxylic acids is 1. The van der Waals surface area contributed by atoms with Crippen LogP contribution in [0.15, 0.2) is 54.9 Å². The minimum Gasteiger partial charge on any atom is -0.369 e. The first-order chi connectivity index (χ1) is 18.9. The van der Waals surface area contributed by atoms with Crippen molar-refractivity contribution in [1.29, 1.82) is 0 Å². The van der Waals surface area contributed by atoms with Gasteiger partial charge in [-0.3, -0.25) is 4.79 Å². The molecule has 0 saturated carbocycles. The normalized spacial score (nSPS) is 18.2. The highest BCUT2D eigenvalue weighted by molar-refractivity contribution is 6.34. The minimum atomic E-state index is -0.474. The molecular formula is C28H28ClF2N7O. The van der Waals surface area contributed by atoms with Gasteiger partial charge in [-0.15, -0.1) is 0 Å². The molecule has 0 spiro atoms. The van der Waals surface area contributed by atoms with Gasteiger partial charge < -0.3 is 20.0 Å². The molecule has 2 aromatic carbocycles. The second-order valence-corrected chi connectivity index (χ2v) is 10.4. The standard InChI is InChI=1S/C28H28ClF2N7O/c1-35-11-13-36(14-12-35)19-5-6-20(22(29)16-19)28(39)33-24-17-32-38-10-8-26(34-27(24)38)37-9-2-3-25(37)21-15-18(30)4-7-23(21)31/h4-8,10,15-17,25H,2-3,9,11-14H2,1H3,(H,33,39)/t25-/m1/s1. The Labute approximate surface area is 229 Å². The summed E-state index contributed by atoms with van der Waals surface area (Å²) in [4.78, 5) is 24.4. The molecule has 0 unspecified atom stereocenters. The quantitative estimate of drug-likeness (QED) is 0.376. The van der Waals surface area contributed by atoms with Crippen LogP contribution in [0.2, 0.25) is 5.02 Å². The predicted molar refractivity (Wildman–Crippen MR) is 148 cm³/mol. The fourth-order valence-electron chi connectivity index (χ4n) is 5.38. The van der Waals surface area contributed by atoms with Crippen LogP contribution in [0.3, 0.4) is 0 Å². The maximum Gasteiger partial charge on any atom is 0.257 e. The van der Waals surface area contributed by atoms with Crippen LogP contribution in [-0.4, -0.2) is 65.2 Å². The zero-order valence-electron chi connectivity index (χ0n) is 21.4. The third-order valence-corrected chi connectivity index (χ3v) is 7.85. The summed E-state index contributed by atoms with van der Waals surface area (Å²) in [7, 11) is 2.10. The number of benzene rings is 2. The van der Waals surface area contributed by atoms with E-state index in [1.165, 1.54) is 12.3 Å². The van der Waals surface area contributed by atoms with Crippen LogP contribution in [0.5, 0.6) is 0 Å². The van der Waals surface area contributed by atoms with E-state index in [2.05, 4.69) is 27.3 Å². The van der Waals surface area contributed by atoms with E-state index in [-0.39, 0.29) is 11.9 Å². The number of likely N-dealkylation sites (N-methyl/N-ethyl adjacent to an activating group) is 1. The van der Waals surface area contributed by atoms with Gasteiger partial charge in [0.25, 0.3) is 5.91 Å². The van der Waals surface area contributed by atoms with Crippen LogP contribution in [0.1, 0.15) is 34.8 Å². The van der Waals surface area contributed by atoms with Gasteiger partial charge in [0.15, 0.2) is 5.65 Å². The molecule has 2 saturated heterocycles. The van der Waals surface area contributed by atoms with E-state index in [1.807, 2.05) is 17.0 Å². The van der Waals surface area contributed by atoms with E-state index < -0.39 is 11.6 Å². The van der Waals surface area contributed by atoms with Crippen molar-refractivity contribution in [2.75, 3.05) is 54.9 Å². The Morgan fingerprint density at radius 3 is 2.67 bits per heavy atom. The molecule has 0 bridgehead atoms. The van der Waals surface area contributed by atoms with Gasteiger partial charge in [-0.25, -0.2) is 18.3 Å². The van der Waals surface area contributed by atoms with Gasteiger partial charge in [0.1, 0.15) is 23.1 Å². The smallest absolute Gasteiger partial charge is 0.257 e. The predicted octanol–water partition coefficient (Wildman–Crippen LogP) is 5.01. The summed E-state index contributed by atoms with van der Waals surface area (Å²) < 4.78 is 30.0. The number of hydrogen-bond donors (Lipinski definition) is 1. The average molecular weight is 552 g/mol. The molecule has 0 radical (unpaired) electrons. The number of rotatable bonds is 5. The molecule has 2 aliphatic rings. The Bertz CT molecular complexity index is 1540. The van der Waals surface area contributed by atoms with Crippen molar-refractivity contribution >= 4 is 40.3 Å². The summed E-state index contributed by atoms with van der Waals surface area (Å²) in [5, 5.41) is 7.56. The fourth-order valence-corrected chi connectivity index (χ4v) is 5.64. The molecule has 4 heterocycles. The number of carbonyl (C=O) groups is 1. The summed E-state index contributed by atoms with van der Waals surface area (Å²) >= 11 is 6.54. The number of fused-ring (bicyclic) bond motifs is 1. The third-order valence-electron chi connectivity index (χ3n) is 7.53. The van der Waals surface area contributed by atoms with Crippen LogP contribution < -0.4 is 15.1 Å². The van der Waals surface area contributed by atoms with Crippen molar-refractivity contribution in [3.8, 4) is 0 Å². The van der Waals surface area contributed by atoms with Crippen molar-refractivity contribution in [2.45, 2.75) is 18.9 Å². The summed E-state index contributed by atoms with van der Waals surface area (Å²) in [6.45, 7) is 4.39. The zero-order chi connectivity index (χ0) is 27.1. The van der Waals surface area contributed by atoms with Gasteiger partial charge in [0, 0.05) is 50.2 Å². The summed E-state index contributed by atoms with van der Waals surface area (Å²) in [5.41, 5.74) is 2.52. The summed E-state index contributed by atoms with van der Waals surface area (Å²) in [6, 6.07) is 10.5. The number of amides is 1. The first-order valence-corrected chi connectivity index (χ1v) is 13.4. The fraction of sp³-hybridized carbons (Fsp3) is 0.321. The summed E-state index contributed by atoms with van der Waals surface area (Å²) in [6.07, 6.45) is 4.77. The Hall–Kier alpha value is -3.76. The lowest BCUT2D eigenvalue weighted by Crippen LogP contribution is -2.44. The van der Waals surface area contributed by atoms with E-state index in [4.69, 9.17) is 16.6 Å². The maximum absolute atomic E-state index is 14.6. The minimum absolute atomic E-state index is 0.311. The topological polar surface area (TPSA) is 69.0 Å². The van der Waals surface area contributed by atoms with E-state index >= 15 is 0 Å². The SMILES string of the molecule is CN1CCN(c2ccc(C(=O)Nc3cnn4ccc(N5CCC[C@@H]5c5cc(F)ccc5F)nc34)c(Cl)c2)CC1. The second kappa shape index (κ2) is 10.4. The molecular weight excluding hydrogens is 524 g/mol. The molecule has 11 heteroatoms. The number of halogens is 3. The maximum atomic E-state index is 14.6. The highest BCUT2D eigenvalue weighted by Crippen LogP contribution is 2.37. The lowest BCUT2D eigenvalue weighted by molar-refractivity contribution is 0.102. The Morgan fingerprint density at radius 2 is 1.87 bits per heavy atom. The van der Waals surface area contributed by atoms with Crippen LogP contribution in [-0.2, 0) is 0 Å².